The van der Waals surface area contributed by atoms with E-state index < -0.39 is 7.44 Å². The summed E-state index contributed by atoms with van der Waals surface area (Å²) in [5.74, 6) is -0.342. The van der Waals surface area contributed by atoms with Gasteiger partial charge < -0.3 is 14.1 Å². The van der Waals surface area contributed by atoms with E-state index in [0.717, 1.165) is 11.4 Å². The number of hydrogen-bond donors (Lipinski definition) is 0. The number of allylic oxidation sites excluding steroid dienone is 1. The van der Waals surface area contributed by atoms with Crippen molar-refractivity contribution in [1.82, 2.24) is 0 Å². The van der Waals surface area contributed by atoms with Gasteiger partial charge in [0.1, 0.15) is 0 Å². The van der Waals surface area contributed by atoms with Crippen LogP contribution < -0.4 is 9.34 Å². The molecule has 0 unspecified atom stereocenters. The van der Waals surface area contributed by atoms with Crippen molar-refractivity contribution in [3.63, 3.8) is 0 Å². The molecule has 1 fully saturated rings. The molecule has 6 heteroatoms. The van der Waals surface area contributed by atoms with E-state index in [1.165, 1.54) is 0 Å². The highest BCUT2D eigenvalue weighted by molar-refractivity contribution is 7.71. The topological polar surface area (TPSA) is 49.9 Å². The average molecular weight is 398 g/mol. The van der Waals surface area contributed by atoms with Gasteiger partial charge in [0.15, 0.2) is 0 Å². The number of anilines is 2. The number of hydrogen-bond acceptors (Lipinski definition) is 3. The van der Waals surface area contributed by atoms with E-state index in [-0.39, 0.29) is 12.4 Å². The van der Waals surface area contributed by atoms with E-state index in [1.54, 1.807) is 6.92 Å². The zero-order chi connectivity index (χ0) is 20.0. The first-order valence-electron chi connectivity index (χ1n) is 9.72. The van der Waals surface area contributed by atoms with Crippen molar-refractivity contribution < 1.29 is 14.1 Å². The van der Waals surface area contributed by atoms with Crippen LogP contribution in [0.1, 0.15) is 26.7 Å². The summed E-state index contributed by atoms with van der Waals surface area (Å²) in [7, 11) is -3.21. The maximum atomic E-state index is 14.7. The summed E-state index contributed by atoms with van der Waals surface area (Å²) in [5, 5.41) is 0.638. The molecule has 0 saturated carbocycles. The maximum absolute atomic E-state index is 14.7. The molecule has 0 amide bonds. The molecule has 0 aliphatic carbocycles. The van der Waals surface area contributed by atoms with Crippen molar-refractivity contribution >= 4 is 24.8 Å². The van der Waals surface area contributed by atoms with E-state index >= 15 is 0 Å². The van der Waals surface area contributed by atoms with Gasteiger partial charge in [-0.3, -0.25) is 9.36 Å². The lowest BCUT2D eigenvalue weighted by Crippen LogP contribution is -2.22. The molecule has 0 spiro atoms. The Labute approximate surface area is 167 Å². The Bertz CT molecular complexity index is 816. The smallest absolute Gasteiger partial charge is 0.310 e. The Morgan fingerprint density at radius 1 is 0.964 bits per heavy atom. The first-order valence-corrected chi connectivity index (χ1v) is 11.3. The van der Waals surface area contributed by atoms with Crippen molar-refractivity contribution in [3.05, 3.63) is 72.1 Å². The number of nitrogens with zero attached hydrogens (tertiary/aromatic N) is 2. The van der Waals surface area contributed by atoms with Crippen LogP contribution in [0.4, 0.5) is 11.4 Å². The van der Waals surface area contributed by atoms with Crippen molar-refractivity contribution in [2.24, 2.45) is 0 Å². The van der Waals surface area contributed by atoms with Gasteiger partial charge in [0, 0.05) is 29.8 Å². The third kappa shape index (κ3) is 4.00. The number of carbonyl (C=O) groups excluding carboxylic acids is 1. The predicted octanol–water partition coefficient (Wildman–Crippen LogP) is 5.45. The van der Waals surface area contributed by atoms with Gasteiger partial charge in [0.2, 0.25) is 0 Å². The van der Waals surface area contributed by atoms with Gasteiger partial charge in [-0.05, 0) is 37.6 Å². The first kappa shape index (κ1) is 20.2. The van der Waals surface area contributed by atoms with Crippen LogP contribution in [-0.2, 0) is 14.1 Å². The number of carbonyl (C=O) groups is 1. The fraction of sp³-hybridized carbons (Fsp3) is 0.318. The van der Waals surface area contributed by atoms with Gasteiger partial charge in [0.25, 0.3) is 7.44 Å². The number of ether oxygens (including phenoxy) is 1. The lowest BCUT2D eigenvalue weighted by atomic mass is 10.3. The molecule has 1 saturated heterocycles. The molecule has 0 aromatic heterocycles. The second-order valence-corrected chi connectivity index (χ2v) is 9.18. The minimum absolute atomic E-state index is 0.0334. The van der Waals surface area contributed by atoms with Crippen LogP contribution in [0.3, 0.4) is 0 Å². The summed E-state index contributed by atoms with van der Waals surface area (Å²) in [4.78, 5) is 12.3. The highest BCUT2D eigenvalue weighted by Crippen LogP contribution is 2.66. The molecule has 1 heterocycles. The summed E-state index contributed by atoms with van der Waals surface area (Å²) in [6.07, 6.45) is 2.66. The Balaban J connectivity index is 2.09. The van der Waals surface area contributed by atoms with Crippen LogP contribution in [-0.4, -0.2) is 25.7 Å². The molecular formula is C22H27N2O3P. The molecule has 0 N–H and O–H groups in total. The summed E-state index contributed by atoms with van der Waals surface area (Å²) in [6, 6.07) is 19.5. The van der Waals surface area contributed by atoms with Gasteiger partial charge in [-0.2, -0.15) is 0 Å². The number of esters is 1. The third-order valence-electron chi connectivity index (χ3n) is 4.73. The van der Waals surface area contributed by atoms with Crippen molar-refractivity contribution in [2.45, 2.75) is 26.7 Å². The molecule has 2 aromatic carbocycles. The summed E-state index contributed by atoms with van der Waals surface area (Å²) in [5.41, 5.74) is 1.80. The minimum Gasteiger partial charge on any atom is -0.466 e. The van der Waals surface area contributed by atoms with E-state index in [2.05, 4.69) is 0 Å². The molecule has 1 aliphatic rings. The van der Waals surface area contributed by atoms with Gasteiger partial charge in [0.05, 0.1) is 13.0 Å². The molecule has 3 rings (SSSR count). The van der Waals surface area contributed by atoms with E-state index in [1.807, 2.05) is 83.0 Å². The SMILES string of the molecule is CC/C=C(/CC(=O)OCC)P1(=O)N(c2ccccc2)CCN1c1ccccc1. The summed E-state index contributed by atoms with van der Waals surface area (Å²) >= 11 is 0. The van der Waals surface area contributed by atoms with Crippen LogP contribution in [0.5, 0.6) is 0 Å². The van der Waals surface area contributed by atoms with Crippen molar-refractivity contribution in [3.8, 4) is 0 Å². The van der Waals surface area contributed by atoms with Gasteiger partial charge >= 0.3 is 5.97 Å². The zero-order valence-electron chi connectivity index (χ0n) is 16.5. The van der Waals surface area contributed by atoms with Crippen LogP contribution >= 0.6 is 7.44 Å². The van der Waals surface area contributed by atoms with E-state index in [4.69, 9.17) is 4.74 Å². The molecule has 148 valence electrons. The maximum Gasteiger partial charge on any atom is 0.310 e. The standard InChI is InChI=1S/C22H27N2O3P/c1-3-11-21(18-22(25)27-4-2)28(26)23(19-12-7-5-8-13-19)16-17-24(28)20-14-9-6-10-15-20/h5-15H,3-4,16-18H2,1-2H3/b21-11-. The molecule has 2 aromatic rings. The molecule has 0 radical (unpaired) electrons. The second-order valence-electron chi connectivity index (χ2n) is 6.55. The lowest BCUT2D eigenvalue weighted by molar-refractivity contribution is -0.142. The third-order valence-corrected chi connectivity index (χ3v) is 7.99. The molecule has 5 nitrogen and oxygen atoms in total. The highest BCUT2D eigenvalue weighted by Gasteiger charge is 2.46. The minimum atomic E-state index is -3.21. The summed E-state index contributed by atoms with van der Waals surface area (Å²) in [6.45, 7) is 5.34. The van der Waals surface area contributed by atoms with E-state index in [9.17, 15) is 9.36 Å². The van der Waals surface area contributed by atoms with E-state index in [0.29, 0.717) is 31.4 Å². The van der Waals surface area contributed by atoms with Gasteiger partial charge in [-0.15, -0.1) is 0 Å². The molecule has 1 aliphatic heterocycles. The number of para-hydroxylation sites is 2. The highest BCUT2D eigenvalue weighted by atomic mass is 31.2. The summed E-state index contributed by atoms with van der Waals surface area (Å²) < 4.78 is 23.8. The Kier molecular flexibility index (Phi) is 6.58. The second kappa shape index (κ2) is 9.11. The average Bonchev–Trinajstić information content (AvgIpc) is 3.07. The monoisotopic (exact) mass is 398 g/mol. The van der Waals surface area contributed by atoms with Crippen LogP contribution in [0.25, 0.3) is 0 Å². The first-order chi connectivity index (χ1) is 13.6. The fourth-order valence-electron chi connectivity index (χ4n) is 3.56. The Hall–Kier alpha value is -2.52. The molecular weight excluding hydrogens is 371 g/mol. The predicted molar refractivity (Wildman–Crippen MR) is 115 cm³/mol. The van der Waals surface area contributed by atoms with Crippen LogP contribution in [0.2, 0.25) is 0 Å². The van der Waals surface area contributed by atoms with Gasteiger partial charge in [-0.1, -0.05) is 49.4 Å². The fourth-order valence-corrected chi connectivity index (χ4v) is 6.81. The quantitative estimate of drug-likeness (QED) is 0.458. The lowest BCUT2D eigenvalue weighted by Gasteiger charge is -2.34. The Morgan fingerprint density at radius 2 is 1.46 bits per heavy atom. The Morgan fingerprint density at radius 3 is 1.89 bits per heavy atom. The number of rotatable bonds is 7. The van der Waals surface area contributed by atoms with Crippen molar-refractivity contribution in [2.75, 3.05) is 29.0 Å². The van der Waals surface area contributed by atoms with Gasteiger partial charge in [-0.25, -0.2) is 0 Å². The normalized spacial score (nSPS) is 16.3. The van der Waals surface area contributed by atoms with Crippen LogP contribution in [0.15, 0.2) is 72.1 Å². The van der Waals surface area contributed by atoms with Crippen LogP contribution in [0, 0.1) is 0 Å². The molecule has 0 atom stereocenters. The molecule has 0 bridgehead atoms. The largest absolute Gasteiger partial charge is 0.466 e. The van der Waals surface area contributed by atoms with Crippen molar-refractivity contribution in [1.29, 1.82) is 0 Å². The molecule has 28 heavy (non-hydrogen) atoms. The number of benzene rings is 2. The zero-order valence-corrected chi connectivity index (χ0v) is 17.3.